The number of amides is 2. The number of furan rings is 1. The van der Waals surface area contributed by atoms with Crippen molar-refractivity contribution in [3.63, 3.8) is 0 Å². The van der Waals surface area contributed by atoms with Crippen LogP contribution in [0.15, 0.2) is 38.3 Å². The van der Waals surface area contributed by atoms with Gasteiger partial charge in [0.15, 0.2) is 0 Å². The first-order chi connectivity index (χ1) is 14.8. The Morgan fingerprint density at radius 2 is 1.74 bits per heavy atom. The van der Waals surface area contributed by atoms with Crippen LogP contribution in [0.2, 0.25) is 0 Å². The fourth-order valence-electron chi connectivity index (χ4n) is 4.18. The highest BCUT2D eigenvalue weighted by Gasteiger charge is 2.23. The molecule has 0 atom stereocenters. The van der Waals surface area contributed by atoms with Crippen LogP contribution in [-0.4, -0.2) is 33.0 Å². The van der Waals surface area contributed by atoms with Gasteiger partial charge >= 0.3 is 5.69 Å². The van der Waals surface area contributed by atoms with Crippen LogP contribution in [0.1, 0.15) is 39.5 Å². The smallest absolute Gasteiger partial charge is 0.332 e. The van der Waals surface area contributed by atoms with E-state index in [4.69, 9.17) is 4.42 Å². The molecule has 1 aromatic carbocycles. The predicted molar refractivity (Wildman–Crippen MR) is 116 cm³/mol. The van der Waals surface area contributed by atoms with Gasteiger partial charge in [0.05, 0.1) is 0 Å². The summed E-state index contributed by atoms with van der Waals surface area (Å²) in [5, 5.41) is 6.20. The average Bonchev–Trinajstić information content (AvgIpc) is 3.35. The molecule has 1 aliphatic rings. The first-order valence-electron chi connectivity index (χ1n) is 10.6. The van der Waals surface area contributed by atoms with E-state index in [2.05, 4.69) is 10.6 Å². The van der Waals surface area contributed by atoms with Gasteiger partial charge in [-0.1, -0.05) is 25.0 Å². The van der Waals surface area contributed by atoms with E-state index in [0.717, 1.165) is 30.3 Å². The summed E-state index contributed by atoms with van der Waals surface area (Å²) in [6.07, 6.45) is 3.88. The number of hydrogen-bond acceptors (Lipinski definition) is 5. The molecule has 0 bridgehead atoms. The SMILES string of the molecule is CC(C)NC(=O)Cn1c(=O)n(CC(=O)NC2CCCC2)c(=O)c2oc3ccccc3c21. The Morgan fingerprint density at radius 1 is 1.06 bits per heavy atom. The molecule has 31 heavy (non-hydrogen) atoms. The van der Waals surface area contributed by atoms with Crippen LogP contribution >= 0.6 is 0 Å². The summed E-state index contributed by atoms with van der Waals surface area (Å²) in [6, 6.07) is 6.90. The van der Waals surface area contributed by atoms with Crippen LogP contribution in [0.4, 0.5) is 0 Å². The minimum atomic E-state index is -0.718. The summed E-state index contributed by atoms with van der Waals surface area (Å²) < 4.78 is 7.80. The molecule has 164 valence electrons. The second-order valence-electron chi connectivity index (χ2n) is 8.31. The first-order valence-corrected chi connectivity index (χ1v) is 10.6. The molecule has 0 spiro atoms. The first kappa shape index (κ1) is 20.9. The highest BCUT2D eigenvalue weighted by Crippen LogP contribution is 2.25. The van der Waals surface area contributed by atoms with Gasteiger partial charge in [-0.15, -0.1) is 0 Å². The average molecular weight is 426 g/mol. The van der Waals surface area contributed by atoms with Crippen LogP contribution in [0.25, 0.3) is 22.1 Å². The van der Waals surface area contributed by atoms with E-state index in [9.17, 15) is 19.2 Å². The molecule has 2 amide bonds. The number of rotatable bonds is 6. The van der Waals surface area contributed by atoms with Crippen LogP contribution < -0.4 is 21.9 Å². The number of fused-ring (bicyclic) bond motifs is 3. The molecule has 4 rings (SSSR count). The van der Waals surface area contributed by atoms with E-state index in [1.165, 1.54) is 4.57 Å². The summed E-state index contributed by atoms with van der Waals surface area (Å²) >= 11 is 0. The van der Waals surface area contributed by atoms with Crippen LogP contribution in [-0.2, 0) is 22.7 Å². The Bertz CT molecular complexity index is 1260. The van der Waals surface area contributed by atoms with Crippen molar-refractivity contribution in [2.75, 3.05) is 0 Å². The molecule has 2 aromatic heterocycles. The van der Waals surface area contributed by atoms with Gasteiger partial charge < -0.3 is 15.1 Å². The maximum Gasteiger partial charge on any atom is 0.332 e. The van der Waals surface area contributed by atoms with Crippen molar-refractivity contribution in [1.29, 1.82) is 0 Å². The van der Waals surface area contributed by atoms with E-state index in [1.807, 2.05) is 13.8 Å². The molecule has 0 aliphatic heterocycles. The maximum absolute atomic E-state index is 13.3. The lowest BCUT2D eigenvalue weighted by atomic mass is 10.2. The van der Waals surface area contributed by atoms with E-state index in [0.29, 0.717) is 11.0 Å². The zero-order valence-corrected chi connectivity index (χ0v) is 17.6. The van der Waals surface area contributed by atoms with Crippen molar-refractivity contribution in [2.24, 2.45) is 0 Å². The normalized spacial score (nSPS) is 14.5. The number of benzene rings is 1. The number of nitrogens with zero attached hydrogens (tertiary/aromatic N) is 2. The summed E-state index contributed by atoms with van der Waals surface area (Å²) in [6.45, 7) is 2.92. The number of carbonyl (C=O) groups is 2. The lowest BCUT2D eigenvalue weighted by molar-refractivity contribution is -0.122. The van der Waals surface area contributed by atoms with Gasteiger partial charge in [-0.2, -0.15) is 0 Å². The molecule has 1 fully saturated rings. The fraction of sp³-hybridized carbons (Fsp3) is 0.455. The molecule has 2 heterocycles. The predicted octanol–water partition coefficient (Wildman–Crippen LogP) is 1.49. The fourth-order valence-corrected chi connectivity index (χ4v) is 4.18. The van der Waals surface area contributed by atoms with E-state index >= 15 is 0 Å². The third-order valence-corrected chi connectivity index (χ3v) is 5.51. The molecule has 9 nitrogen and oxygen atoms in total. The Hall–Kier alpha value is -3.36. The van der Waals surface area contributed by atoms with Crippen LogP contribution in [0.3, 0.4) is 0 Å². The molecule has 1 saturated carbocycles. The third kappa shape index (κ3) is 4.12. The molecule has 0 saturated heterocycles. The van der Waals surface area contributed by atoms with E-state index in [-0.39, 0.29) is 35.6 Å². The number of carbonyl (C=O) groups excluding carboxylic acids is 2. The number of para-hydroxylation sites is 1. The zero-order valence-electron chi connectivity index (χ0n) is 17.6. The van der Waals surface area contributed by atoms with Crippen molar-refractivity contribution in [2.45, 2.75) is 64.7 Å². The third-order valence-electron chi connectivity index (χ3n) is 5.51. The van der Waals surface area contributed by atoms with E-state index in [1.54, 1.807) is 24.3 Å². The minimum Gasteiger partial charge on any atom is -0.449 e. The second-order valence-corrected chi connectivity index (χ2v) is 8.31. The summed E-state index contributed by atoms with van der Waals surface area (Å²) in [7, 11) is 0. The number of aromatic nitrogens is 2. The quantitative estimate of drug-likeness (QED) is 0.620. The topological polar surface area (TPSA) is 115 Å². The number of nitrogens with one attached hydrogen (secondary N) is 2. The molecule has 0 unspecified atom stereocenters. The molecule has 2 N–H and O–H groups in total. The Labute approximate surface area is 178 Å². The van der Waals surface area contributed by atoms with Gasteiger partial charge in [-0.3, -0.25) is 19.0 Å². The largest absolute Gasteiger partial charge is 0.449 e. The van der Waals surface area contributed by atoms with Gasteiger partial charge in [0.25, 0.3) is 5.56 Å². The molecular formula is C22H26N4O5. The van der Waals surface area contributed by atoms with Crippen molar-refractivity contribution < 1.29 is 14.0 Å². The highest BCUT2D eigenvalue weighted by atomic mass is 16.3. The lowest BCUT2D eigenvalue weighted by Gasteiger charge is -2.15. The second kappa shape index (κ2) is 8.41. The Kier molecular flexibility index (Phi) is 5.67. The zero-order chi connectivity index (χ0) is 22.1. The maximum atomic E-state index is 13.3. The summed E-state index contributed by atoms with van der Waals surface area (Å²) in [4.78, 5) is 51.3. The van der Waals surface area contributed by atoms with Crippen LogP contribution in [0.5, 0.6) is 0 Å². The molecule has 3 aromatic rings. The Morgan fingerprint density at radius 3 is 2.45 bits per heavy atom. The molecular weight excluding hydrogens is 400 g/mol. The minimum absolute atomic E-state index is 0.0492. The monoisotopic (exact) mass is 426 g/mol. The summed E-state index contributed by atoms with van der Waals surface area (Å²) in [5.74, 6) is -0.774. The number of hydrogen-bond donors (Lipinski definition) is 2. The van der Waals surface area contributed by atoms with Gasteiger partial charge in [0.2, 0.25) is 17.4 Å². The molecule has 0 radical (unpaired) electrons. The van der Waals surface area contributed by atoms with Crippen molar-refractivity contribution in [3.8, 4) is 0 Å². The van der Waals surface area contributed by atoms with E-state index < -0.39 is 23.7 Å². The lowest BCUT2D eigenvalue weighted by Crippen LogP contribution is -2.46. The Balaban J connectivity index is 1.81. The van der Waals surface area contributed by atoms with Gasteiger partial charge in [-0.25, -0.2) is 9.36 Å². The summed E-state index contributed by atoms with van der Waals surface area (Å²) in [5.41, 5.74) is -0.758. The van der Waals surface area contributed by atoms with Crippen molar-refractivity contribution in [3.05, 3.63) is 45.1 Å². The van der Waals surface area contributed by atoms with Gasteiger partial charge in [0, 0.05) is 17.5 Å². The molecule has 1 aliphatic carbocycles. The van der Waals surface area contributed by atoms with Gasteiger partial charge in [0.1, 0.15) is 24.2 Å². The van der Waals surface area contributed by atoms with Crippen LogP contribution in [0, 0.1) is 0 Å². The van der Waals surface area contributed by atoms with Crippen molar-refractivity contribution >= 4 is 33.9 Å². The standard InChI is InChI=1S/C22H26N4O5/c1-13(2)23-17(27)11-25-19-15-9-5-6-10-16(15)31-20(19)21(29)26(22(25)30)12-18(28)24-14-7-3-4-8-14/h5-6,9-10,13-14H,3-4,7-8,11-12H2,1-2H3,(H,23,27)(H,24,28). The highest BCUT2D eigenvalue weighted by molar-refractivity contribution is 6.02. The molecule has 9 heteroatoms. The van der Waals surface area contributed by atoms with Gasteiger partial charge in [-0.05, 0) is 38.8 Å². The van der Waals surface area contributed by atoms with Crippen molar-refractivity contribution in [1.82, 2.24) is 19.8 Å².